The number of aliphatic hydroxyl groups is 1. The third kappa shape index (κ3) is 1.66. The zero-order valence-corrected chi connectivity index (χ0v) is 9.70. The zero-order valence-electron chi connectivity index (χ0n) is 9.70. The Morgan fingerprint density at radius 2 is 2.17 bits per heavy atom. The average Bonchev–Trinajstić information content (AvgIpc) is 2.94. The largest absolute Gasteiger partial charge is 0.445 e. The average molecular weight is 251 g/mol. The van der Waals surface area contributed by atoms with E-state index in [1.807, 2.05) is 30.3 Å². The maximum absolute atomic E-state index is 13.4. The monoisotopic (exact) mass is 251 g/mol. The van der Waals surface area contributed by atoms with Crippen molar-refractivity contribution >= 4 is 6.09 Å². The number of aliphatic hydroxyl groups excluding tert-OH is 1. The number of nitrogens with zero attached hydrogens (tertiary/aromatic N) is 1. The van der Waals surface area contributed by atoms with Crippen molar-refractivity contribution in [3.05, 3.63) is 35.9 Å². The van der Waals surface area contributed by atoms with Crippen LogP contribution in [0, 0.1) is 5.92 Å². The minimum Gasteiger partial charge on any atom is -0.445 e. The second-order valence-corrected chi connectivity index (χ2v) is 4.78. The molecule has 1 aliphatic carbocycles. The molecule has 2 heterocycles. The van der Waals surface area contributed by atoms with Gasteiger partial charge in [-0.15, -0.1) is 0 Å². The van der Waals surface area contributed by atoms with Gasteiger partial charge in [0, 0.05) is 12.5 Å². The minimum atomic E-state index is -1.11. The molecule has 0 radical (unpaired) electrons. The molecule has 1 N–H and O–H groups in total. The van der Waals surface area contributed by atoms with Gasteiger partial charge in [-0.1, -0.05) is 30.3 Å². The standard InChI is InChI=1S/C13H14FNO3/c14-10-9-6-15(11(10)12(9)16)13(17)18-7-8-4-2-1-3-5-8/h1-5,9-12,16H,6-7H2/t9-,10+,11+,12+/m0/s1. The van der Waals surface area contributed by atoms with Crippen LogP contribution in [0.15, 0.2) is 30.3 Å². The predicted octanol–water partition coefficient (Wildman–Crippen LogP) is 1.34. The molecule has 18 heavy (non-hydrogen) atoms. The van der Waals surface area contributed by atoms with Gasteiger partial charge in [-0.25, -0.2) is 9.18 Å². The molecular weight excluding hydrogens is 237 g/mol. The Kier molecular flexibility index (Phi) is 2.70. The number of amides is 1. The highest BCUT2D eigenvalue weighted by Gasteiger charge is 2.62. The lowest BCUT2D eigenvalue weighted by Gasteiger charge is -2.35. The Hall–Kier alpha value is -1.62. The van der Waals surface area contributed by atoms with Gasteiger partial charge < -0.3 is 9.84 Å². The predicted molar refractivity (Wildman–Crippen MR) is 61.5 cm³/mol. The quantitative estimate of drug-likeness (QED) is 0.862. The molecule has 0 aromatic heterocycles. The Bertz CT molecular complexity index is 443. The van der Waals surface area contributed by atoms with E-state index in [0.717, 1.165) is 5.56 Å². The van der Waals surface area contributed by atoms with Crippen LogP contribution in [-0.2, 0) is 11.3 Å². The van der Waals surface area contributed by atoms with Crippen molar-refractivity contribution in [2.45, 2.75) is 24.9 Å². The molecule has 2 bridgehead atoms. The van der Waals surface area contributed by atoms with E-state index in [4.69, 9.17) is 4.74 Å². The maximum atomic E-state index is 13.4. The number of alkyl halides is 1. The molecule has 4 nitrogen and oxygen atoms in total. The molecule has 2 aliphatic heterocycles. The number of benzene rings is 1. The number of hydrogen-bond acceptors (Lipinski definition) is 3. The molecular formula is C13H14FNO3. The fourth-order valence-electron chi connectivity index (χ4n) is 2.65. The first-order valence-electron chi connectivity index (χ1n) is 5.98. The molecule has 1 amide bonds. The van der Waals surface area contributed by atoms with Gasteiger partial charge in [0.15, 0.2) is 0 Å². The van der Waals surface area contributed by atoms with Gasteiger partial charge in [0.1, 0.15) is 12.8 Å². The van der Waals surface area contributed by atoms with Gasteiger partial charge in [0.05, 0.1) is 12.1 Å². The minimum absolute atomic E-state index is 0.167. The first kappa shape index (κ1) is 11.5. The summed E-state index contributed by atoms with van der Waals surface area (Å²) < 4.78 is 18.5. The summed E-state index contributed by atoms with van der Waals surface area (Å²) in [4.78, 5) is 13.1. The molecule has 0 spiro atoms. The van der Waals surface area contributed by atoms with Crippen LogP contribution in [0.2, 0.25) is 0 Å². The number of fused-ring (bicyclic) bond motifs is 1. The lowest BCUT2D eigenvalue weighted by atomic mass is 9.80. The van der Waals surface area contributed by atoms with Gasteiger partial charge in [0.25, 0.3) is 0 Å². The highest BCUT2D eigenvalue weighted by Crippen LogP contribution is 2.43. The van der Waals surface area contributed by atoms with E-state index < -0.39 is 30.3 Å². The van der Waals surface area contributed by atoms with Crippen LogP contribution in [0.5, 0.6) is 0 Å². The third-order valence-electron chi connectivity index (χ3n) is 3.73. The Labute approximate surface area is 104 Å². The summed E-state index contributed by atoms with van der Waals surface area (Å²) in [5, 5.41) is 9.53. The summed E-state index contributed by atoms with van der Waals surface area (Å²) in [6.07, 6.45) is -2.39. The second kappa shape index (κ2) is 4.24. The van der Waals surface area contributed by atoms with Crippen molar-refractivity contribution in [1.29, 1.82) is 0 Å². The van der Waals surface area contributed by atoms with Gasteiger partial charge in [0.2, 0.25) is 0 Å². The van der Waals surface area contributed by atoms with Crippen molar-refractivity contribution in [2.24, 2.45) is 5.92 Å². The van der Waals surface area contributed by atoms with E-state index in [9.17, 15) is 14.3 Å². The lowest BCUT2D eigenvalue weighted by Crippen LogP contribution is -2.55. The van der Waals surface area contributed by atoms with Gasteiger partial charge >= 0.3 is 6.09 Å². The molecule has 3 aliphatic rings. The topological polar surface area (TPSA) is 49.8 Å². The molecule has 4 rings (SSSR count). The summed E-state index contributed by atoms with van der Waals surface area (Å²) in [5.74, 6) is -0.431. The first-order chi connectivity index (χ1) is 8.68. The van der Waals surface area contributed by atoms with Gasteiger partial charge in [-0.05, 0) is 5.56 Å². The summed E-state index contributed by atoms with van der Waals surface area (Å²) in [6, 6.07) is 8.59. The van der Waals surface area contributed by atoms with Crippen LogP contribution < -0.4 is 0 Å². The maximum Gasteiger partial charge on any atom is 0.410 e. The zero-order chi connectivity index (χ0) is 12.7. The molecule has 4 atom stereocenters. The highest BCUT2D eigenvalue weighted by molar-refractivity contribution is 5.69. The number of rotatable bonds is 2. The SMILES string of the molecule is O=C(OCc1ccccc1)N1C[C@@H]2[C@@H](O)[C@H]1[C@@H]2F. The van der Waals surface area contributed by atoms with Crippen molar-refractivity contribution in [2.75, 3.05) is 6.54 Å². The van der Waals surface area contributed by atoms with Crippen LogP contribution in [0.1, 0.15) is 5.56 Å². The smallest absolute Gasteiger partial charge is 0.410 e. The molecule has 1 aromatic rings. The van der Waals surface area contributed by atoms with Crippen molar-refractivity contribution in [3.8, 4) is 0 Å². The molecule has 1 aromatic carbocycles. The van der Waals surface area contributed by atoms with Crippen molar-refractivity contribution in [3.63, 3.8) is 0 Å². The fraction of sp³-hybridized carbons (Fsp3) is 0.462. The van der Waals surface area contributed by atoms with E-state index in [1.165, 1.54) is 4.90 Å². The van der Waals surface area contributed by atoms with E-state index >= 15 is 0 Å². The van der Waals surface area contributed by atoms with Crippen molar-refractivity contribution < 1.29 is 19.0 Å². The van der Waals surface area contributed by atoms with Gasteiger partial charge in [-0.2, -0.15) is 0 Å². The molecule has 2 saturated heterocycles. The number of ether oxygens (including phenoxy) is 1. The van der Waals surface area contributed by atoms with Crippen LogP contribution >= 0.6 is 0 Å². The molecule has 1 saturated carbocycles. The summed E-state index contributed by atoms with van der Waals surface area (Å²) in [7, 11) is 0. The second-order valence-electron chi connectivity index (χ2n) is 4.78. The van der Waals surface area contributed by atoms with Crippen molar-refractivity contribution in [1.82, 2.24) is 4.90 Å². The molecule has 96 valence electrons. The first-order valence-corrected chi connectivity index (χ1v) is 5.98. The van der Waals surface area contributed by atoms with Gasteiger partial charge in [-0.3, -0.25) is 4.90 Å². The molecule has 5 heteroatoms. The van der Waals surface area contributed by atoms with E-state index in [1.54, 1.807) is 0 Å². The Balaban J connectivity index is 1.57. The Morgan fingerprint density at radius 1 is 1.44 bits per heavy atom. The fourth-order valence-corrected chi connectivity index (χ4v) is 2.65. The normalized spacial score (nSPS) is 33.1. The highest BCUT2D eigenvalue weighted by atomic mass is 19.1. The molecule has 3 fully saturated rings. The molecule has 0 unspecified atom stereocenters. The number of carbonyl (C=O) groups is 1. The van der Waals surface area contributed by atoms with Crippen LogP contribution in [0.4, 0.5) is 9.18 Å². The Morgan fingerprint density at radius 3 is 2.72 bits per heavy atom. The third-order valence-corrected chi connectivity index (χ3v) is 3.73. The summed E-state index contributed by atoms with van der Waals surface area (Å²) in [5.41, 5.74) is 0.884. The number of hydrogen-bond donors (Lipinski definition) is 1. The number of carbonyl (C=O) groups excluding carboxylic acids is 1. The number of halogens is 1. The van der Waals surface area contributed by atoms with Crippen LogP contribution in [-0.4, -0.2) is 41.0 Å². The van der Waals surface area contributed by atoms with E-state index in [0.29, 0.717) is 0 Å². The van der Waals surface area contributed by atoms with E-state index in [2.05, 4.69) is 0 Å². The lowest BCUT2D eigenvalue weighted by molar-refractivity contribution is -0.0483. The van der Waals surface area contributed by atoms with Crippen LogP contribution in [0.25, 0.3) is 0 Å². The summed E-state index contributed by atoms with van der Waals surface area (Å²) in [6.45, 7) is 0.418. The summed E-state index contributed by atoms with van der Waals surface area (Å²) >= 11 is 0. The van der Waals surface area contributed by atoms with E-state index in [-0.39, 0.29) is 13.2 Å². The van der Waals surface area contributed by atoms with Crippen LogP contribution in [0.3, 0.4) is 0 Å².